The number of hydrogen-bond donors (Lipinski definition) is 3. The third-order valence-corrected chi connectivity index (χ3v) is 3.74. The van der Waals surface area contributed by atoms with Gasteiger partial charge in [-0.1, -0.05) is 0 Å². The highest BCUT2D eigenvalue weighted by atomic mass is 16.5. The van der Waals surface area contributed by atoms with Gasteiger partial charge in [-0.25, -0.2) is 4.79 Å². The van der Waals surface area contributed by atoms with Crippen molar-refractivity contribution in [1.29, 1.82) is 0 Å². The Balaban J connectivity index is 2.66. The Morgan fingerprint density at radius 2 is 1.63 bits per heavy atom. The zero-order chi connectivity index (χ0) is 20.0. The Morgan fingerprint density at radius 3 is 2.22 bits per heavy atom. The molecule has 0 radical (unpaired) electrons. The summed E-state index contributed by atoms with van der Waals surface area (Å²) in [6.07, 6.45) is 5.01. The van der Waals surface area contributed by atoms with E-state index in [1.165, 1.54) is 31.6 Å². The number of hydrogen-bond acceptors (Lipinski definition) is 6. The van der Waals surface area contributed by atoms with Gasteiger partial charge in [-0.05, 0) is 60.0 Å². The molecule has 27 heavy (non-hydrogen) atoms. The number of aliphatic carboxylic acids is 1. The maximum Gasteiger partial charge on any atom is 0.328 e. The van der Waals surface area contributed by atoms with Gasteiger partial charge in [-0.15, -0.1) is 0 Å². The third kappa shape index (κ3) is 4.66. The van der Waals surface area contributed by atoms with E-state index in [0.717, 1.165) is 6.08 Å². The molecule has 2 rings (SSSR count). The maximum absolute atomic E-state index is 10.7. The lowest BCUT2D eigenvalue weighted by atomic mass is 9.96. The number of rotatable bonds is 7. The molecule has 7 heteroatoms. The minimum Gasteiger partial charge on any atom is -0.507 e. The number of ether oxygens (including phenoxy) is 2. The van der Waals surface area contributed by atoms with Gasteiger partial charge in [0.05, 0.1) is 13.4 Å². The number of methoxy groups -OCH3 is 1. The number of carbonyl (C=O) groups excluding carboxylic acids is 1. The van der Waals surface area contributed by atoms with Gasteiger partial charge in [-0.3, -0.25) is 4.79 Å². The van der Waals surface area contributed by atoms with Gasteiger partial charge < -0.3 is 24.8 Å². The van der Waals surface area contributed by atoms with Crippen LogP contribution in [-0.2, 0) is 14.3 Å². The van der Waals surface area contributed by atoms with Gasteiger partial charge in [-0.2, -0.15) is 0 Å². The fraction of sp³-hybridized carbons (Fsp3) is 0.100. The first-order valence-corrected chi connectivity index (χ1v) is 7.79. The van der Waals surface area contributed by atoms with Gasteiger partial charge in [0.25, 0.3) is 6.47 Å². The van der Waals surface area contributed by atoms with Crippen LogP contribution in [0.4, 0.5) is 0 Å². The van der Waals surface area contributed by atoms with Crippen molar-refractivity contribution in [2.75, 3.05) is 7.11 Å². The number of carboxylic acid groups (broad SMARTS) is 1. The number of phenolic OH excluding ortho intramolecular Hbond substituents is 2. The molecule has 0 aliphatic heterocycles. The number of phenols is 2. The molecule has 0 spiro atoms. The van der Waals surface area contributed by atoms with Crippen LogP contribution in [0.15, 0.2) is 36.6 Å². The summed E-state index contributed by atoms with van der Waals surface area (Å²) in [5, 5.41) is 29.8. The van der Waals surface area contributed by atoms with E-state index < -0.39 is 5.97 Å². The monoisotopic (exact) mass is 370 g/mol. The Labute approximate surface area is 155 Å². The van der Waals surface area contributed by atoms with Crippen LogP contribution in [0.3, 0.4) is 0 Å². The van der Waals surface area contributed by atoms with E-state index in [2.05, 4.69) is 4.74 Å². The standard InChI is InChI=1S/C20H18O7/c1-12-7-13(3-4-18(22)23)8-15(19(12)24)16-9-14(5-6-27-11-21)10-17(26-2)20(16)25/h3-11,24-25H,1-2H3,(H,22,23)/b4-3+,6-5+. The summed E-state index contributed by atoms with van der Waals surface area (Å²) in [5.41, 5.74) is 2.14. The molecule has 0 aliphatic rings. The molecule has 7 nitrogen and oxygen atoms in total. The largest absolute Gasteiger partial charge is 0.507 e. The second kappa shape index (κ2) is 8.57. The van der Waals surface area contributed by atoms with Crippen LogP contribution < -0.4 is 4.74 Å². The lowest BCUT2D eigenvalue weighted by Gasteiger charge is -2.14. The lowest BCUT2D eigenvalue weighted by Crippen LogP contribution is -1.92. The molecule has 140 valence electrons. The molecule has 3 N–H and O–H groups in total. The SMILES string of the molecule is COc1cc(/C=C/OC=O)cc(-c2cc(/C=C/C(=O)O)cc(C)c2O)c1O. The highest BCUT2D eigenvalue weighted by Gasteiger charge is 2.16. The maximum atomic E-state index is 10.7. The van der Waals surface area contributed by atoms with Crippen molar-refractivity contribution in [3.63, 3.8) is 0 Å². The highest BCUT2D eigenvalue weighted by molar-refractivity contribution is 5.87. The van der Waals surface area contributed by atoms with Gasteiger partial charge in [0.1, 0.15) is 5.75 Å². The van der Waals surface area contributed by atoms with Gasteiger partial charge in [0, 0.05) is 17.2 Å². The molecule has 2 aromatic carbocycles. The average molecular weight is 370 g/mol. The highest BCUT2D eigenvalue weighted by Crippen LogP contribution is 2.43. The lowest BCUT2D eigenvalue weighted by molar-refractivity contribution is -0.131. The van der Waals surface area contributed by atoms with Gasteiger partial charge in [0.2, 0.25) is 0 Å². The van der Waals surface area contributed by atoms with Crippen LogP contribution in [0, 0.1) is 6.92 Å². The van der Waals surface area contributed by atoms with Crippen molar-refractivity contribution in [2.45, 2.75) is 6.92 Å². The van der Waals surface area contributed by atoms with Gasteiger partial charge in [0.15, 0.2) is 11.5 Å². The minimum absolute atomic E-state index is 0.0647. The zero-order valence-corrected chi connectivity index (χ0v) is 14.7. The second-order valence-electron chi connectivity index (χ2n) is 5.56. The van der Waals surface area contributed by atoms with Crippen molar-refractivity contribution in [3.8, 4) is 28.4 Å². The van der Waals surface area contributed by atoms with Crippen molar-refractivity contribution in [2.24, 2.45) is 0 Å². The molecule has 0 aliphatic carbocycles. The topological polar surface area (TPSA) is 113 Å². The predicted octanol–water partition coefficient (Wildman–Crippen LogP) is 3.32. The first kappa shape index (κ1) is 19.6. The smallest absolute Gasteiger partial charge is 0.328 e. The van der Waals surface area contributed by atoms with Crippen LogP contribution in [0.2, 0.25) is 0 Å². The number of aromatic hydroxyl groups is 2. The normalized spacial score (nSPS) is 11.0. The Morgan fingerprint density at radius 1 is 1.00 bits per heavy atom. The quantitative estimate of drug-likeness (QED) is 0.389. The first-order valence-electron chi connectivity index (χ1n) is 7.79. The summed E-state index contributed by atoms with van der Waals surface area (Å²) in [6.45, 7) is 1.93. The summed E-state index contributed by atoms with van der Waals surface area (Å²) in [7, 11) is 1.38. The molecule has 2 aromatic rings. The fourth-order valence-corrected chi connectivity index (χ4v) is 2.51. The third-order valence-electron chi connectivity index (χ3n) is 3.74. The molecule has 0 fully saturated rings. The van der Waals surface area contributed by atoms with Crippen molar-refractivity contribution < 1.29 is 34.4 Å². The molecule has 0 bridgehead atoms. The van der Waals surface area contributed by atoms with Crippen molar-refractivity contribution >= 4 is 24.6 Å². The van der Waals surface area contributed by atoms with Crippen LogP contribution in [0.5, 0.6) is 17.2 Å². The van der Waals surface area contributed by atoms with Crippen LogP contribution in [0.25, 0.3) is 23.3 Å². The molecular formula is C20H18O7. The summed E-state index contributed by atoms with van der Waals surface area (Å²) in [6, 6.07) is 6.27. The van der Waals surface area contributed by atoms with Crippen LogP contribution in [0.1, 0.15) is 16.7 Å². The molecular weight excluding hydrogens is 352 g/mol. The van der Waals surface area contributed by atoms with E-state index in [4.69, 9.17) is 9.84 Å². The minimum atomic E-state index is -1.10. The van der Waals surface area contributed by atoms with E-state index >= 15 is 0 Å². The van der Waals surface area contributed by atoms with E-state index in [0.29, 0.717) is 22.3 Å². The van der Waals surface area contributed by atoms with E-state index in [9.17, 15) is 19.8 Å². The van der Waals surface area contributed by atoms with Crippen LogP contribution >= 0.6 is 0 Å². The molecule has 0 atom stereocenters. The first-order chi connectivity index (χ1) is 12.9. The number of carboxylic acids is 1. The average Bonchev–Trinajstić information content (AvgIpc) is 2.64. The number of carbonyl (C=O) groups is 2. The number of aryl methyl sites for hydroxylation is 1. The van der Waals surface area contributed by atoms with Crippen LogP contribution in [-0.4, -0.2) is 34.9 Å². The summed E-state index contributed by atoms with van der Waals surface area (Å²) >= 11 is 0. The summed E-state index contributed by atoms with van der Waals surface area (Å²) in [4.78, 5) is 21.0. The Hall–Kier alpha value is -3.74. The summed E-state index contributed by atoms with van der Waals surface area (Å²) < 4.78 is 9.69. The molecule has 0 heterocycles. The van der Waals surface area contributed by atoms with E-state index in [1.807, 2.05) is 0 Å². The fourth-order valence-electron chi connectivity index (χ4n) is 2.51. The second-order valence-corrected chi connectivity index (χ2v) is 5.56. The Bertz CT molecular complexity index is 926. The predicted molar refractivity (Wildman–Crippen MR) is 99.3 cm³/mol. The molecule has 0 saturated heterocycles. The van der Waals surface area contributed by atoms with E-state index in [-0.39, 0.29) is 29.3 Å². The van der Waals surface area contributed by atoms with E-state index in [1.54, 1.807) is 25.1 Å². The Kier molecular flexibility index (Phi) is 6.22. The zero-order valence-electron chi connectivity index (χ0n) is 14.7. The van der Waals surface area contributed by atoms with Crippen molar-refractivity contribution in [1.82, 2.24) is 0 Å². The molecule has 0 amide bonds. The molecule has 0 saturated carbocycles. The number of benzene rings is 2. The van der Waals surface area contributed by atoms with Crippen molar-refractivity contribution in [3.05, 3.63) is 53.3 Å². The molecule has 0 unspecified atom stereocenters. The van der Waals surface area contributed by atoms with Gasteiger partial charge >= 0.3 is 5.97 Å². The summed E-state index contributed by atoms with van der Waals surface area (Å²) in [5.74, 6) is -1.21. The molecule has 0 aromatic heterocycles.